The van der Waals surface area contributed by atoms with Gasteiger partial charge in [-0.2, -0.15) is 0 Å². The Kier molecular flexibility index (Phi) is 9.06. The van der Waals surface area contributed by atoms with Gasteiger partial charge < -0.3 is 19.7 Å². The second-order valence-electron chi connectivity index (χ2n) is 9.45. The molecule has 0 aliphatic carbocycles. The van der Waals surface area contributed by atoms with Crippen molar-refractivity contribution in [3.63, 3.8) is 0 Å². The van der Waals surface area contributed by atoms with Crippen LogP contribution in [0.25, 0.3) is 10.8 Å². The number of benzene rings is 3. The first-order chi connectivity index (χ1) is 19.2. The average molecular weight is 568 g/mol. The number of piperidine rings is 1. The van der Waals surface area contributed by atoms with Crippen LogP contribution in [0.2, 0.25) is 0 Å². The zero-order valence-electron chi connectivity index (χ0n) is 22.7. The lowest BCUT2D eigenvalue weighted by Crippen LogP contribution is -2.55. The van der Waals surface area contributed by atoms with Gasteiger partial charge in [-0.05, 0) is 51.0 Å². The van der Waals surface area contributed by atoms with Crippen molar-refractivity contribution in [3.8, 4) is 0 Å². The smallest absolute Gasteiger partial charge is 0.409 e. The minimum atomic E-state index is -4.13. The number of fused-ring (bicyclic) bond motifs is 1. The summed E-state index contributed by atoms with van der Waals surface area (Å²) in [6.07, 6.45) is -0.364. The maximum absolute atomic E-state index is 13.7. The van der Waals surface area contributed by atoms with Crippen LogP contribution in [0.1, 0.15) is 36.2 Å². The molecule has 1 saturated heterocycles. The highest BCUT2D eigenvalue weighted by Crippen LogP contribution is 2.31. The molecule has 1 aliphatic heterocycles. The molecule has 3 aromatic carbocycles. The third-order valence-corrected chi connectivity index (χ3v) is 8.39. The second kappa shape index (κ2) is 12.5. The van der Waals surface area contributed by atoms with E-state index in [1.165, 1.54) is 11.0 Å². The Labute approximate surface area is 233 Å². The van der Waals surface area contributed by atoms with E-state index in [0.29, 0.717) is 22.0 Å². The molecule has 212 valence electrons. The van der Waals surface area contributed by atoms with Gasteiger partial charge in [-0.1, -0.05) is 42.5 Å². The predicted molar refractivity (Wildman–Crippen MR) is 151 cm³/mol. The van der Waals surface area contributed by atoms with Gasteiger partial charge in [-0.3, -0.25) is 9.59 Å². The molecule has 0 saturated carbocycles. The summed E-state index contributed by atoms with van der Waals surface area (Å²) in [5, 5.41) is 3.86. The molecule has 2 unspecified atom stereocenters. The van der Waals surface area contributed by atoms with E-state index in [-0.39, 0.29) is 43.5 Å². The second-order valence-corrected chi connectivity index (χ2v) is 11.1. The van der Waals surface area contributed by atoms with Gasteiger partial charge in [0.25, 0.3) is 5.91 Å². The first-order valence-corrected chi connectivity index (χ1v) is 14.6. The largest absolute Gasteiger partial charge is 0.466 e. The molecule has 2 atom stereocenters. The zero-order chi connectivity index (χ0) is 28.9. The number of rotatable bonds is 8. The number of anilines is 1. The number of carbonyl (C=O) groups excluding carboxylic acids is 3. The van der Waals surface area contributed by atoms with E-state index in [9.17, 15) is 22.8 Å². The Morgan fingerprint density at radius 3 is 2.30 bits per heavy atom. The van der Waals surface area contributed by atoms with Gasteiger partial charge in [0.1, 0.15) is 0 Å². The van der Waals surface area contributed by atoms with Crippen LogP contribution in [0.4, 0.5) is 10.5 Å². The van der Waals surface area contributed by atoms with Gasteiger partial charge in [0.05, 0.1) is 24.0 Å². The predicted octanol–water partition coefficient (Wildman–Crippen LogP) is 4.09. The fraction of sp³-hybridized carbons (Fsp3) is 0.345. The Morgan fingerprint density at radius 2 is 1.60 bits per heavy atom. The highest BCUT2D eigenvalue weighted by molar-refractivity contribution is 7.89. The Morgan fingerprint density at radius 1 is 0.925 bits per heavy atom. The number of aryl methyl sites for hydroxylation is 1. The van der Waals surface area contributed by atoms with Crippen molar-refractivity contribution in [2.45, 2.75) is 38.1 Å². The summed E-state index contributed by atoms with van der Waals surface area (Å²) >= 11 is 0. The molecule has 40 heavy (non-hydrogen) atoms. The third-order valence-electron chi connectivity index (χ3n) is 6.85. The molecule has 1 heterocycles. The summed E-state index contributed by atoms with van der Waals surface area (Å²) in [7, 11) is -4.13. The molecule has 10 nitrogen and oxygen atoms in total. The lowest BCUT2D eigenvalue weighted by atomic mass is 9.93. The number of hydrogen-bond donors (Lipinski definition) is 2. The molecule has 1 fully saturated rings. The van der Waals surface area contributed by atoms with Gasteiger partial charge in [0.2, 0.25) is 10.0 Å². The fourth-order valence-electron chi connectivity index (χ4n) is 4.86. The maximum atomic E-state index is 13.7. The zero-order valence-corrected chi connectivity index (χ0v) is 23.5. The molecular formula is C29H33N3O7S. The van der Waals surface area contributed by atoms with Crippen molar-refractivity contribution in [1.29, 1.82) is 0 Å². The number of esters is 1. The van der Waals surface area contributed by atoms with Crippen LogP contribution in [0, 0.1) is 12.8 Å². The van der Waals surface area contributed by atoms with Crippen LogP contribution in [-0.2, 0) is 24.3 Å². The monoisotopic (exact) mass is 567 g/mol. The van der Waals surface area contributed by atoms with Gasteiger partial charge in [-0.25, -0.2) is 17.9 Å². The van der Waals surface area contributed by atoms with Crippen molar-refractivity contribution < 1.29 is 32.3 Å². The molecule has 11 heteroatoms. The van der Waals surface area contributed by atoms with E-state index in [4.69, 9.17) is 9.47 Å². The summed E-state index contributed by atoms with van der Waals surface area (Å²) < 4.78 is 40.3. The molecular weight excluding hydrogens is 534 g/mol. The Hall–Kier alpha value is -3.96. The topological polar surface area (TPSA) is 131 Å². The minimum Gasteiger partial charge on any atom is -0.466 e. The number of likely N-dealkylation sites (tertiary alicyclic amines) is 1. The number of sulfonamides is 1. The first-order valence-electron chi connectivity index (χ1n) is 13.2. The van der Waals surface area contributed by atoms with E-state index in [0.717, 1.165) is 5.56 Å². The Balaban J connectivity index is 1.62. The molecule has 4 rings (SSSR count). The highest BCUT2D eigenvalue weighted by atomic mass is 32.2. The normalized spacial score (nSPS) is 17.3. The molecule has 0 bridgehead atoms. The van der Waals surface area contributed by atoms with E-state index >= 15 is 0 Å². The molecule has 0 spiro atoms. The highest BCUT2D eigenvalue weighted by Gasteiger charge is 2.40. The fourth-order valence-corrected chi connectivity index (χ4v) is 6.38. The van der Waals surface area contributed by atoms with Crippen LogP contribution in [-0.4, -0.2) is 63.6 Å². The van der Waals surface area contributed by atoms with Crippen LogP contribution in [0.3, 0.4) is 0 Å². The van der Waals surface area contributed by atoms with Gasteiger partial charge in [-0.15, -0.1) is 0 Å². The van der Waals surface area contributed by atoms with Crippen molar-refractivity contribution in [2.24, 2.45) is 5.92 Å². The molecule has 2 N–H and O–H groups in total. The summed E-state index contributed by atoms with van der Waals surface area (Å²) in [6.45, 7) is 5.68. The van der Waals surface area contributed by atoms with Crippen LogP contribution >= 0.6 is 0 Å². The SMILES string of the molecule is CCOC(=O)C1CN(C(=O)OCC)CCC1NS(=O)(=O)c1ccc(NC(=O)c2ccccc2C)c2ccccc12. The lowest BCUT2D eigenvalue weighted by Gasteiger charge is -2.36. The Bertz CT molecular complexity index is 1520. The summed E-state index contributed by atoms with van der Waals surface area (Å²) in [5.41, 5.74) is 1.80. The van der Waals surface area contributed by atoms with E-state index in [2.05, 4.69) is 10.0 Å². The molecule has 3 aromatic rings. The van der Waals surface area contributed by atoms with Crippen LogP contribution in [0.15, 0.2) is 65.6 Å². The summed E-state index contributed by atoms with van der Waals surface area (Å²) in [4.78, 5) is 39.4. The van der Waals surface area contributed by atoms with E-state index < -0.39 is 34.0 Å². The standard InChI is InChI=1S/C29H33N3O7S/c1-4-38-28(34)23-18-32(29(35)39-5-2)17-16-25(23)31-40(36,37)26-15-14-24(21-12-8-9-13-22(21)26)30-27(33)20-11-7-6-10-19(20)3/h6-15,23,25,31H,4-5,16-18H2,1-3H3,(H,30,33). The number of carbonyl (C=O) groups is 3. The van der Waals surface area contributed by atoms with Crippen molar-refractivity contribution in [2.75, 3.05) is 31.6 Å². The number of nitrogens with zero attached hydrogens (tertiary/aromatic N) is 1. The number of ether oxygens (including phenoxy) is 2. The lowest BCUT2D eigenvalue weighted by molar-refractivity contribution is -0.150. The molecule has 2 amide bonds. The van der Waals surface area contributed by atoms with Crippen molar-refractivity contribution in [1.82, 2.24) is 9.62 Å². The maximum Gasteiger partial charge on any atom is 0.409 e. The summed E-state index contributed by atoms with van der Waals surface area (Å²) in [6, 6.07) is 16.3. The van der Waals surface area contributed by atoms with Gasteiger partial charge in [0.15, 0.2) is 0 Å². The van der Waals surface area contributed by atoms with Crippen molar-refractivity contribution in [3.05, 3.63) is 71.8 Å². The average Bonchev–Trinajstić information content (AvgIpc) is 2.93. The minimum absolute atomic E-state index is 0.00687. The molecule has 0 aromatic heterocycles. The first kappa shape index (κ1) is 29.0. The van der Waals surface area contributed by atoms with Crippen LogP contribution in [0.5, 0.6) is 0 Å². The number of hydrogen-bond acceptors (Lipinski definition) is 7. The quantitative estimate of drug-likeness (QED) is 0.392. The van der Waals surface area contributed by atoms with Gasteiger partial charge >= 0.3 is 12.1 Å². The van der Waals surface area contributed by atoms with Crippen molar-refractivity contribution >= 4 is 44.5 Å². The van der Waals surface area contributed by atoms with Crippen LogP contribution < -0.4 is 10.0 Å². The summed E-state index contributed by atoms with van der Waals surface area (Å²) in [5.74, 6) is -1.81. The van der Waals surface area contributed by atoms with Gasteiger partial charge in [0, 0.05) is 41.2 Å². The molecule has 1 aliphatic rings. The molecule has 0 radical (unpaired) electrons. The number of nitrogens with one attached hydrogen (secondary N) is 2. The van der Waals surface area contributed by atoms with E-state index in [1.807, 2.05) is 19.1 Å². The van der Waals surface area contributed by atoms with E-state index in [1.54, 1.807) is 56.3 Å². The number of amides is 2. The third kappa shape index (κ3) is 6.26.